The highest BCUT2D eigenvalue weighted by atomic mass is 16.5. The summed E-state index contributed by atoms with van der Waals surface area (Å²) in [6, 6.07) is 14.0. The Labute approximate surface area is 156 Å². The lowest BCUT2D eigenvalue weighted by Gasteiger charge is -2.38. The maximum absolute atomic E-state index is 12.8. The normalized spacial score (nSPS) is 18.6. The van der Waals surface area contributed by atoms with E-state index in [0.717, 1.165) is 17.7 Å². The zero-order valence-corrected chi connectivity index (χ0v) is 16.6. The fourth-order valence-corrected chi connectivity index (χ4v) is 3.47. The lowest BCUT2D eigenvalue weighted by atomic mass is 9.86. The van der Waals surface area contributed by atoms with Crippen LogP contribution in [-0.2, 0) is 5.41 Å². The third kappa shape index (κ3) is 3.92. The quantitative estimate of drug-likeness (QED) is 0.795. The molecule has 0 radical (unpaired) electrons. The Morgan fingerprint density at radius 2 is 1.77 bits per heavy atom. The Bertz CT molecular complexity index is 813. The Balaban J connectivity index is 1.84. The van der Waals surface area contributed by atoms with Crippen molar-refractivity contribution in [3.05, 3.63) is 64.7 Å². The Morgan fingerprint density at radius 3 is 2.38 bits per heavy atom. The number of fused-ring (bicyclic) bond motifs is 1. The van der Waals surface area contributed by atoms with E-state index in [0.29, 0.717) is 5.56 Å². The summed E-state index contributed by atoms with van der Waals surface area (Å²) in [5.41, 5.74) is 3.91. The van der Waals surface area contributed by atoms with Gasteiger partial charge < -0.3 is 10.1 Å². The molecule has 0 saturated carbocycles. The van der Waals surface area contributed by atoms with Crippen LogP contribution in [0.4, 0.5) is 0 Å². The number of carbonyl (C=O) groups is 1. The number of carbonyl (C=O) groups excluding carboxylic acids is 1. The third-order valence-corrected chi connectivity index (χ3v) is 4.94. The molecule has 26 heavy (non-hydrogen) atoms. The molecule has 1 aliphatic heterocycles. The van der Waals surface area contributed by atoms with Crippen molar-refractivity contribution in [1.29, 1.82) is 0 Å². The number of ether oxygens (including phenoxy) is 1. The van der Waals surface area contributed by atoms with E-state index in [9.17, 15) is 4.79 Å². The van der Waals surface area contributed by atoms with Gasteiger partial charge in [0.2, 0.25) is 0 Å². The molecule has 3 nitrogen and oxygen atoms in total. The molecule has 0 bridgehead atoms. The van der Waals surface area contributed by atoms with Crippen molar-refractivity contribution in [2.45, 2.75) is 65.0 Å². The number of amides is 1. The molecule has 0 spiro atoms. The molecular formula is C23H29NO2. The second-order valence-corrected chi connectivity index (χ2v) is 8.96. The average molecular weight is 351 g/mol. The van der Waals surface area contributed by atoms with Gasteiger partial charge in [0.25, 0.3) is 5.91 Å². The van der Waals surface area contributed by atoms with Crippen molar-refractivity contribution in [3.8, 4) is 5.75 Å². The number of hydrogen-bond acceptors (Lipinski definition) is 2. The second kappa shape index (κ2) is 6.46. The summed E-state index contributed by atoms with van der Waals surface area (Å²) in [4.78, 5) is 12.8. The molecule has 1 N–H and O–H groups in total. The molecule has 2 aromatic rings. The van der Waals surface area contributed by atoms with Gasteiger partial charge in [-0.3, -0.25) is 4.79 Å². The SMILES string of the molecule is Cc1ccc2c(c1)[C@H](NC(=O)c1ccc(C(C)(C)C)cc1)CC(C)(C)O2. The van der Waals surface area contributed by atoms with E-state index >= 15 is 0 Å². The van der Waals surface area contributed by atoms with Gasteiger partial charge in [-0.2, -0.15) is 0 Å². The second-order valence-electron chi connectivity index (χ2n) is 8.96. The van der Waals surface area contributed by atoms with Crippen LogP contribution in [0.2, 0.25) is 0 Å². The standard InChI is InChI=1S/C23H29NO2/c1-15-7-12-20-18(13-15)19(14-23(5,6)26-20)24-21(25)16-8-10-17(11-9-16)22(2,3)4/h7-13,19H,14H2,1-6H3,(H,24,25)/t19-/m1/s1. The molecule has 1 heterocycles. The lowest BCUT2D eigenvalue weighted by Crippen LogP contribution is -2.41. The fraction of sp³-hybridized carbons (Fsp3) is 0.435. The van der Waals surface area contributed by atoms with E-state index in [1.54, 1.807) is 0 Å². The predicted octanol–water partition coefficient (Wildman–Crippen LogP) is 5.32. The largest absolute Gasteiger partial charge is 0.487 e. The fourth-order valence-electron chi connectivity index (χ4n) is 3.47. The number of aryl methyl sites for hydroxylation is 1. The summed E-state index contributed by atoms with van der Waals surface area (Å²) in [6.07, 6.45) is 0.745. The molecule has 0 aromatic heterocycles. The van der Waals surface area contributed by atoms with Crippen LogP contribution < -0.4 is 10.1 Å². The van der Waals surface area contributed by atoms with Gasteiger partial charge in [0.15, 0.2) is 0 Å². The van der Waals surface area contributed by atoms with E-state index in [-0.39, 0.29) is 23.0 Å². The Morgan fingerprint density at radius 1 is 1.12 bits per heavy atom. The molecule has 0 saturated heterocycles. The highest BCUT2D eigenvalue weighted by molar-refractivity contribution is 5.94. The lowest BCUT2D eigenvalue weighted by molar-refractivity contribution is 0.0619. The zero-order chi connectivity index (χ0) is 19.1. The van der Waals surface area contributed by atoms with E-state index < -0.39 is 0 Å². The van der Waals surface area contributed by atoms with E-state index in [4.69, 9.17) is 4.74 Å². The van der Waals surface area contributed by atoms with Gasteiger partial charge in [-0.15, -0.1) is 0 Å². The predicted molar refractivity (Wildman–Crippen MR) is 106 cm³/mol. The molecule has 3 heteroatoms. The topological polar surface area (TPSA) is 38.3 Å². The first-order chi connectivity index (χ1) is 12.0. The minimum absolute atomic E-state index is 0.0411. The molecule has 3 rings (SSSR count). The van der Waals surface area contributed by atoms with Crippen LogP contribution in [0, 0.1) is 6.92 Å². The van der Waals surface area contributed by atoms with E-state index in [2.05, 4.69) is 52.9 Å². The van der Waals surface area contributed by atoms with Crippen LogP contribution >= 0.6 is 0 Å². The van der Waals surface area contributed by atoms with Crippen LogP contribution in [-0.4, -0.2) is 11.5 Å². The molecule has 0 aliphatic carbocycles. The number of hydrogen-bond donors (Lipinski definition) is 1. The van der Waals surface area contributed by atoms with E-state index in [1.165, 1.54) is 11.1 Å². The average Bonchev–Trinajstić information content (AvgIpc) is 2.54. The molecule has 1 amide bonds. The first kappa shape index (κ1) is 18.5. The van der Waals surface area contributed by atoms with Crippen LogP contribution in [0.15, 0.2) is 42.5 Å². The maximum atomic E-state index is 12.8. The van der Waals surface area contributed by atoms with Gasteiger partial charge in [-0.25, -0.2) is 0 Å². The first-order valence-electron chi connectivity index (χ1n) is 9.26. The van der Waals surface area contributed by atoms with Crippen LogP contribution in [0.5, 0.6) is 5.75 Å². The molecule has 0 unspecified atom stereocenters. The van der Waals surface area contributed by atoms with Gasteiger partial charge in [0, 0.05) is 17.5 Å². The van der Waals surface area contributed by atoms with Gasteiger partial charge in [0.1, 0.15) is 11.4 Å². The molecule has 0 fully saturated rings. The number of nitrogens with one attached hydrogen (secondary N) is 1. The summed E-state index contributed by atoms with van der Waals surface area (Å²) >= 11 is 0. The van der Waals surface area contributed by atoms with Gasteiger partial charge in [-0.05, 0) is 49.9 Å². The van der Waals surface area contributed by atoms with Crippen molar-refractivity contribution in [1.82, 2.24) is 5.32 Å². The summed E-state index contributed by atoms with van der Waals surface area (Å²) in [5, 5.41) is 3.21. The Hall–Kier alpha value is -2.29. The number of rotatable bonds is 2. The third-order valence-electron chi connectivity index (χ3n) is 4.94. The minimum Gasteiger partial charge on any atom is -0.487 e. The molecular weight excluding hydrogens is 322 g/mol. The van der Waals surface area contributed by atoms with Gasteiger partial charge >= 0.3 is 0 Å². The zero-order valence-electron chi connectivity index (χ0n) is 16.6. The smallest absolute Gasteiger partial charge is 0.251 e. The maximum Gasteiger partial charge on any atom is 0.251 e. The summed E-state index contributed by atoms with van der Waals surface area (Å²) in [6.45, 7) is 12.7. The summed E-state index contributed by atoms with van der Waals surface area (Å²) in [7, 11) is 0. The first-order valence-corrected chi connectivity index (χ1v) is 9.26. The molecule has 2 aromatic carbocycles. The summed E-state index contributed by atoms with van der Waals surface area (Å²) < 4.78 is 6.09. The molecule has 1 aliphatic rings. The summed E-state index contributed by atoms with van der Waals surface area (Å²) in [5.74, 6) is 0.820. The van der Waals surface area contributed by atoms with Crippen molar-refractivity contribution >= 4 is 5.91 Å². The van der Waals surface area contributed by atoms with Crippen molar-refractivity contribution < 1.29 is 9.53 Å². The van der Waals surface area contributed by atoms with Crippen molar-refractivity contribution in [2.75, 3.05) is 0 Å². The van der Waals surface area contributed by atoms with Crippen molar-refractivity contribution in [2.24, 2.45) is 0 Å². The number of benzene rings is 2. The van der Waals surface area contributed by atoms with Crippen molar-refractivity contribution in [3.63, 3.8) is 0 Å². The highest BCUT2D eigenvalue weighted by Gasteiger charge is 2.34. The molecule has 1 atom stereocenters. The van der Waals surface area contributed by atoms with E-state index in [1.807, 2.05) is 36.4 Å². The van der Waals surface area contributed by atoms with Crippen LogP contribution in [0.25, 0.3) is 0 Å². The van der Waals surface area contributed by atoms with Gasteiger partial charge in [0.05, 0.1) is 6.04 Å². The highest BCUT2D eigenvalue weighted by Crippen LogP contribution is 2.40. The minimum atomic E-state index is -0.309. The van der Waals surface area contributed by atoms with Crippen LogP contribution in [0.1, 0.15) is 74.1 Å². The Kier molecular flexibility index (Phi) is 4.60. The van der Waals surface area contributed by atoms with Crippen LogP contribution in [0.3, 0.4) is 0 Å². The monoisotopic (exact) mass is 351 g/mol. The van der Waals surface area contributed by atoms with Gasteiger partial charge in [-0.1, -0.05) is 50.6 Å². The molecule has 138 valence electrons.